The van der Waals surface area contributed by atoms with Gasteiger partial charge in [-0.25, -0.2) is 0 Å². The Morgan fingerprint density at radius 2 is 1.57 bits per heavy atom. The number of methoxy groups -OCH3 is 1. The topological polar surface area (TPSA) is 220 Å². The molecule has 1 amide bonds. The number of rotatable bonds is 6. The highest BCUT2D eigenvalue weighted by molar-refractivity contribution is 6.23. The number of ether oxygens (including phenoxy) is 4. The van der Waals surface area contributed by atoms with Crippen LogP contribution in [0.15, 0.2) is 71.6 Å². The van der Waals surface area contributed by atoms with Gasteiger partial charge >= 0.3 is 11.8 Å². The Morgan fingerprint density at radius 1 is 0.910 bits per heavy atom. The molecule has 3 aromatic rings. The number of carbonyl (C=O) groups is 3. The fraction of sp³-hybridized carbons (Fsp3) is 0.490. The summed E-state index contributed by atoms with van der Waals surface area (Å²) in [5.74, 6) is -8.45. The van der Waals surface area contributed by atoms with Crippen molar-refractivity contribution < 1.29 is 58.9 Å². The van der Waals surface area contributed by atoms with Crippen molar-refractivity contribution in [2.45, 2.75) is 118 Å². The molecule has 16 nitrogen and oxygen atoms in total. The summed E-state index contributed by atoms with van der Waals surface area (Å²) in [4.78, 5) is 43.4. The predicted molar refractivity (Wildman–Crippen MR) is 254 cm³/mol. The molecule has 362 valence electrons. The van der Waals surface area contributed by atoms with Gasteiger partial charge in [0, 0.05) is 79.8 Å². The van der Waals surface area contributed by atoms with Crippen LogP contribution in [0.4, 0.5) is 5.69 Å². The van der Waals surface area contributed by atoms with Crippen molar-refractivity contribution in [1.82, 2.24) is 9.91 Å². The summed E-state index contributed by atoms with van der Waals surface area (Å²) in [6, 6.07) is 10.3. The first kappa shape index (κ1) is 50.5. The number of piperazine rings is 1. The van der Waals surface area contributed by atoms with E-state index in [1.165, 1.54) is 65.0 Å². The SMILES string of the molecule is CO[C@@H]1C=CO[C@@]2(C)Oc3c(C)c(O)c4c(O)c(c(C=NN5C[C@@H](C)N(Cc6ccccc6)[C@@H](C)C5)c(O)c4c3C2=O)NC(=O)C(C)=CC=C[C@H](C)[C@H](O)[C@H](C)[C@H](O)[C@H](C)[C@H](OC(C)=O)[C@H]1C. The van der Waals surface area contributed by atoms with Crippen LogP contribution in [0.2, 0.25) is 0 Å². The number of aromatic hydroxyl groups is 3. The van der Waals surface area contributed by atoms with Gasteiger partial charge in [-0.2, -0.15) is 5.10 Å². The molecule has 0 unspecified atom stereocenters. The highest BCUT2D eigenvalue weighted by Crippen LogP contribution is 2.55. The number of amides is 1. The number of carbonyl (C=O) groups excluding carboxylic acids is 3. The molecule has 6 N–H and O–H groups in total. The number of phenolic OH excluding ortho intramolecular Hbond substituents is 3. The first-order chi connectivity index (χ1) is 31.6. The molecule has 1 fully saturated rings. The minimum absolute atomic E-state index is 0.0503. The zero-order valence-corrected chi connectivity index (χ0v) is 40.2. The number of hydrogen-bond donors (Lipinski definition) is 6. The Morgan fingerprint density at radius 3 is 2.19 bits per heavy atom. The van der Waals surface area contributed by atoms with Crippen LogP contribution in [-0.2, 0) is 30.3 Å². The van der Waals surface area contributed by atoms with Crippen molar-refractivity contribution in [2.24, 2.45) is 28.8 Å². The second-order valence-electron chi connectivity index (χ2n) is 18.6. The lowest BCUT2D eigenvalue weighted by molar-refractivity contribution is -0.160. The lowest BCUT2D eigenvalue weighted by Crippen LogP contribution is -2.54. The van der Waals surface area contributed by atoms with E-state index >= 15 is 0 Å². The molecule has 5 bridgehead atoms. The van der Waals surface area contributed by atoms with Gasteiger partial charge in [0.2, 0.25) is 0 Å². The normalized spacial score (nSPS) is 30.1. The van der Waals surface area contributed by atoms with E-state index in [1.54, 1.807) is 39.8 Å². The minimum atomic E-state index is -2.06. The number of esters is 1. The van der Waals surface area contributed by atoms with Gasteiger partial charge in [-0.3, -0.25) is 24.3 Å². The van der Waals surface area contributed by atoms with E-state index in [9.17, 15) is 39.9 Å². The van der Waals surface area contributed by atoms with E-state index in [1.807, 2.05) is 23.2 Å². The van der Waals surface area contributed by atoms with Crippen molar-refractivity contribution >= 4 is 40.3 Å². The molecule has 16 heteroatoms. The van der Waals surface area contributed by atoms with E-state index in [2.05, 4.69) is 36.2 Å². The van der Waals surface area contributed by atoms with Crippen molar-refractivity contribution in [3.05, 3.63) is 88.7 Å². The number of anilines is 1. The van der Waals surface area contributed by atoms with E-state index in [4.69, 9.17) is 24.0 Å². The van der Waals surface area contributed by atoms with Crippen LogP contribution >= 0.6 is 0 Å². The summed E-state index contributed by atoms with van der Waals surface area (Å²) < 4.78 is 23.8. The van der Waals surface area contributed by atoms with Crippen molar-refractivity contribution in [3.8, 4) is 23.0 Å². The first-order valence-corrected chi connectivity index (χ1v) is 22.8. The number of aliphatic hydroxyl groups excluding tert-OH is 2. The fourth-order valence-electron chi connectivity index (χ4n) is 9.54. The average molecular weight is 927 g/mol. The molecular weight excluding hydrogens is 861 g/mol. The van der Waals surface area contributed by atoms with E-state index in [-0.39, 0.29) is 56.6 Å². The monoisotopic (exact) mass is 926 g/mol. The number of aliphatic hydroxyl groups is 2. The maximum atomic E-state index is 14.6. The third-order valence-corrected chi connectivity index (χ3v) is 13.7. The van der Waals surface area contributed by atoms with Gasteiger partial charge in [0.15, 0.2) is 5.75 Å². The second-order valence-corrected chi connectivity index (χ2v) is 18.6. The van der Waals surface area contributed by atoms with Gasteiger partial charge in [0.1, 0.15) is 23.4 Å². The number of ketones is 1. The molecule has 4 aliphatic heterocycles. The van der Waals surface area contributed by atoms with Crippen LogP contribution in [0.25, 0.3) is 10.8 Å². The van der Waals surface area contributed by atoms with Gasteiger partial charge < -0.3 is 49.8 Å². The lowest BCUT2D eigenvalue weighted by Gasteiger charge is -2.43. The number of nitrogens with one attached hydrogen (secondary N) is 1. The summed E-state index contributed by atoms with van der Waals surface area (Å²) in [6.45, 7) is 18.5. The predicted octanol–water partition coefficient (Wildman–Crippen LogP) is 6.68. The standard InChI is InChI=1S/C51H66N4O12/c1-26-16-15-17-27(2)50(63)53-41-36(22-52-54-23-28(3)55(29(4)24-54)25-35-18-13-12-14-19-35)45(60)38-39(46(41)61)44(59)33(8)48-40(38)49(62)51(10,67-48)65-21-20-37(64-11)30(5)47(66-34(9)56)32(7)43(58)31(6)42(26)57/h12-22,26,28-32,37,42-43,47,57-61H,23-25H2,1-11H3,(H,53,63)/t26-,28-,29+,30-,31-,32-,37+,42-,43-,47+,51-/m0/s1. The van der Waals surface area contributed by atoms with E-state index in [0.717, 1.165) is 6.54 Å². The van der Waals surface area contributed by atoms with Crippen LogP contribution in [0.3, 0.4) is 0 Å². The molecule has 67 heavy (non-hydrogen) atoms. The van der Waals surface area contributed by atoms with Crippen molar-refractivity contribution in [1.29, 1.82) is 0 Å². The van der Waals surface area contributed by atoms with Crippen LogP contribution in [-0.4, -0.2) is 122 Å². The first-order valence-electron chi connectivity index (χ1n) is 22.8. The number of nitrogens with zero attached hydrogens (tertiary/aromatic N) is 3. The average Bonchev–Trinajstić information content (AvgIpc) is 3.55. The molecule has 4 heterocycles. The Bertz CT molecular complexity index is 2460. The van der Waals surface area contributed by atoms with Gasteiger partial charge in [-0.1, -0.05) is 76.3 Å². The summed E-state index contributed by atoms with van der Waals surface area (Å²) >= 11 is 0. The van der Waals surface area contributed by atoms with Gasteiger partial charge in [-0.15, -0.1) is 0 Å². The Labute approximate surface area is 392 Å². The van der Waals surface area contributed by atoms with Crippen LogP contribution in [0, 0.1) is 30.6 Å². The number of Topliss-reactive ketones (excluding diaryl/α,β-unsaturated/α-hetero) is 1. The van der Waals surface area contributed by atoms with Crippen molar-refractivity contribution in [3.63, 3.8) is 0 Å². The molecule has 0 aliphatic carbocycles. The van der Waals surface area contributed by atoms with E-state index < -0.39 is 88.8 Å². The summed E-state index contributed by atoms with van der Waals surface area (Å²) in [7, 11) is 1.44. The van der Waals surface area contributed by atoms with Gasteiger partial charge in [0.05, 0.1) is 66.1 Å². The number of phenols is 3. The summed E-state index contributed by atoms with van der Waals surface area (Å²) in [5, 5.41) is 68.0. The molecule has 0 radical (unpaired) electrons. The molecule has 4 aliphatic rings. The third kappa shape index (κ3) is 10.2. The maximum absolute atomic E-state index is 14.6. The Kier molecular flexibility index (Phi) is 15.5. The molecular formula is C51H66N4O12. The third-order valence-electron chi connectivity index (χ3n) is 13.7. The molecule has 0 spiro atoms. The molecule has 0 aromatic heterocycles. The summed E-state index contributed by atoms with van der Waals surface area (Å²) in [5.41, 5.74) is 0.787. The summed E-state index contributed by atoms with van der Waals surface area (Å²) in [6.07, 6.45) is 4.88. The zero-order valence-electron chi connectivity index (χ0n) is 40.2. The van der Waals surface area contributed by atoms with E-state index in [0.29, 0.717) is 13.1 Å². The highest BCUT2D eigenvalue weighted by atomic mass is 16.7. The van der Waals surface area contributed by atoms with Gasteiger partial charge in [0.25, 0.3) is 11.7 Å². The number of benzene rings is 3. The quantitative estimate of drug-likeness (QED) is 0.0658. The molecule has 3 aromatic carbocycles. The van der Waals surface area contributed by atoms with Crippen LogP contribution < -0.4 is 10.1 Å². The maximum Gasteiger partial charge on any atom is 0.312 e. The molecule has 0 saturated carbocycles. The van der Waals surface area contributed by atoms with Crippen LogP contribution in [0.1, 0.15) is 89.4 Å². The number of allylic oxidation sites excluding steroid dienone is 2. The molecule has 11 atom stereocenters. The van der Waals surface area contributed by atoms with Crippen molar-refractivity contribution in [2.75, 3.05) is 25.5 Å². The minimum Gasteiger partial charge on any atom is -0.507 e. The Hall–Kier alpha value is -5.94. The number of hydrazone groups is 1. The Balaban J connectivity index is 1.48. The number of hydrogen-bond acceptors (Lipinski definition) is 15. The second kappa shape index (κ2) is 20.5. The lowest BCUT2D eigenvalue weighted by atomic mass is 9.78. The van der Waals surface area contributed by atoms with Crippen LogP contribution in [0.5, 0.6) is 23.0 Å². The highest BCUT2D eigenvalue weighted by Gasteiger charge is 2.50. The largest absolute Gasteiger partial charge is 0.507 e. The molecule has 7 rings (SSSR count). The molecule has 1 saturated heterocycles. The van der Waals surface area contributed by atoms with Gasteiger partial charge in [-0.05, 0) is 39.3 Å². The zero-order chi connectivity index (χ0) is 49.2. The number of fused-ring (bicyclic) bond motifs is 14. The smallest absolute Gasteiger partial charge is 0.312 e. The fourth-order valence-corrected chi connectivity index (χ4v) is 9.54.